The lowest BCUT2D eigenvalue weighted by Crippen LogP contribution is -2.30. The molecule has 1 N–H and O–H groups in total. The van der Waals surface area contributed by atoms with E-state index in [0.29, 0.717) is 6.42 Å². The van der Waals surface area contributed by atoms with Crippen molar-refractivity contribution in [3.8, 4) is 0 Å². The Morgan fingerprint density at radius 2 is 1.62 bits per heavy atom. The maximum Gasteiger partial charge on any atom is 0.306 e. The van der Waals surface area contributed by atoms with E-state index in [4.69, 9.17) is 4.74 Å². The Hall–Kier alpha value is -2.41. The Bertz CT molecular complexity index is 882. The number of amides is 1. The second kappa shape index (κ2) is 9.87. The molecule has 0 aliphatic carbocycles. The molecule has 0 aliphatic heterocycles. The zero-order valence-corrected chi connectivity index (χ0v) is 19.0. The lowest BCUT2D eigenvalue weighted by Gasteiger charge is -2.17. The number of carbonyl (C=O) groups excluding carboxylic acids is 2. The molecule has 0 saturated carbocycles. The van der Waals surface area contributed by atoms with Crippen LogP contribution in [0, 0.1) is 34.6 Å². The first-order valence-corrected chi connectivity index (χ1v) is 10.8. The molecule has 1 atom stereocenters. The Morgan fingerprint density at radius 1 is 1.07 bits per heavy atom. The Kier molecular flexibility index (Phi) is 7.79. The molecule has 0 aliphatic rings. The van der Waals surface area contributed by atoms with E-state index < -0.39 is 12.1 Å². The quantitative estimate of drug-likeness (QED) is 0.414. The third-order valence-electron chi connectivity index (χ3n) is 4.76. The summed E-state index contributed by atoms with van der Waals surface area (Å²) in [5, 5.41) is 3.60. The topological polar surface area (TPSA) is 81.2 Å². The summed E-state index contributed by atoms with van der Waals surface area (Å²) >= 11 is 1.49. The predicted molar refractivity (Wildman–Crippen MR) is 116 cm³/mol. The highest BCUT2D eigenvalue weighted by Crippen LogP contribution is 2.22. The maximum absolute atomic E-state index is 12.5. The maximum atomic E-state index is 12.5. The molecule has 0 spiro atoms. The van der Waals surface area contributed by atoms with Gasteiger partial charge in [0, 0.05) is 23.5 Å². The summed E-state index contributed by atoms with van der Waals surface area (Å²) in [4.78, 5) is 33.6. The molecule has 0 radical (unpaired) electrons. The zero-order chi connectivity index (χ0) is 21.7. The number of nitrogens with one attached hydrogen (secondary N) is 1. The number of carbonyl (C=O) groups is 2. The fourth-order valence-corrected chi connectivity index (χ4v) is 3.76. The number of hydrogen-bond acceptors (Lipinski definition) is 6. The number of hydrogen-bond donors (Lipinski definition) is 1. The molecule has 1 heterocycles. The molecular weight excluding hydrogens is 386 g/mol. The van der Waals surface area contributed by atoms with Gasteiger partial charge in [0.1, 0.15) is 0 Å². The average Bonchev–Trinajstić information content (AvgIpc) is 2.63. The molecular formula is C22H29N3O3S. The van der Waals surface area contributed by atoms with Gasteiger partial charge in [-0.15, -0.1) is 0 Å². The molecule has 1 amide bonds. The van der Waals surface area contributed by atoms with E-state index in [2.05, 4.69) is 15.3 Å². The van der Waals surface area contributed by atoms with Crippen LogP contribution in [0.15, 0.2) is 17.3 Å². The van der Waals surface area contributed by atoms with Gasteiger partial charge in [0.2, 0.25) is 0 Å². The minimum Gasteiger partial charge on any atom is -0.453 e. The summed E-state index contributed by atoms with van der Waals surface area (Å²) in [7, 11) is 0. The van der Waals surface area contributed by atoms with E-state index in [-0.39, 0.29) is 12.3 Å². The van der Waals surface area contributed by atoms with Crippen LogP contribution in [0.25, 0.3) is 0 Å². The van der Waals surface area contributed by atoms with Crippen molar-refractivity contribution in [1.29, 1.82) is 0 Å². The van der Waals surface area contributed by atoms with Gasteiger partial charge in [-0.25, -0.2) is 9.97 Å². The van der Waals surface area contributed by atoms with Crippen molar-refractivity contribution in [2.24, 2.45) is 0 Å². The minimum absolute atomic E-state index is 0.170. The van der Waals surface area contributed by atoms with Gasteiger partial charge in [-0.1, -0.05) is 29.5 Å². The molecule has 156 valence electrons. The van der Waals surface area contributed by atoms with Crippen molar-refractivity contribution in [2.45, 2.75) is 65.6 Å². The number of anilines is 1. The molecule has 29 heavy (non-hydrogen) atoms. The number of aryl methyl sites for hydroxylation is 5. The van der Waals surface area contributed by atoms with Crippen LogP contribution in [0.2, 0.25) is 0 Å². The molecule has 6 nitrogen and oxygen atoms in total. The van der Waals surface area contributed by atoms with Gasteiger partial charge >= 0.3 is 5.97 Å². The summed E-state index contributed by atoms with van der Waals surface area (Å²) in [5.41, 5.74) is 6.54. The second-order valence-corrected chi connectivity index (χ2v) is 8.03. The van der Waals surface area contributed by atoms with Gasteiger partial charge in [-0.2, -0.15) is 0 Å². The van der Waals surface area contributed by atoms with Crippen molar-refractivity contribution < 1.29 is 14.3 Å². The van der Waals surface area contributed by atoms with Crippen molar-refractivity contribution in [3.05, 3.63) is 45.8 Å². The largest absolute Gasteiger partial charge is 0.453 e. The lowest BCUT2D eigenvalue weighted by atomic mass is 10.0. The molecule has 7 heteroatoms. The van der Waals surface area contributed by atoms with Crippen LogP contribution in [0.1, 0.15) is 47.0 Å². The van der Waals surface area contributed by atoms with Gasteiger partial charge in [-0.3, -0.25) is 9.59 Å². The molecule has 0 saturated heterocycles. The van der Waals surface area contributed by atoms with E-state index in [1.165, 1.54) is 11.8 Å². The van der Waals surface area contributed by atoms with Crippen LogP contribution in [0.3, 0.4) is 0 Å². The molecule has 2 aromatic rings. The monoisotopic (exact) mass is 415 g/mol. The minimum atomic E-state index is -0.875. The third-order valence-corrected chi connectivity index (χ3v) is 5.31. The van der Waals surface area contributed by atoms with Crippen molar-refractivity contribution in [3.63, 3.8) is 0 Å². The summed E-state index contributed by atoms with van der Waals surface area (Å²) in [6.07, 6.45) is 1.71. The van der Waals surface area contributed by atoms with Crippen LogP contribution in [-0.4, -0.2) is 34.2 Å². The number of benzene rings is 1. The number of ether oxygens (including phenoxy) is 1. The fraction of sp³-hybridized carbons (Fsp3) is 0.455. The van der Waals surface area contributed by atoms with E-state index >= 15 is 0 Å². The SMILES string of the molecule is CSc1nc(C)c(CCC(=O)O[C@H](C)C(=O)Nc2c(C)cc(C)cc2C)c(C)n1. The molecule has 1 aromatic heterocycles. The van der Waals surface area contributed by atoms with Gasteiger partial charge in [0.05, 0.1) is 0 Å². The van der Waals surface area contributed by atoms with Crippen molar-refractivity contribution in [2.75, 3.05) is 11.6 Å². The summed E-state index contributed by atoms with van der Waals surface area (Å²) in [6, 6.07) is 4.02. The highest BCUT2D eigenvalue weighted by molar-refractivity contribution is 7.98. The lowest BCUT2D eigenvalue weighted by molar-refractivity contribution is -0.153. The summed E-state index contributed by atoms with van der Waals surface area (Å²) in [6.45, 7) is 11.3. The molecule has 1 aromatic carbocycles. The second-order valence-electron chi connectivity index (χ2n) is 7.25. The first-order chi connectivity index (χ1) is 13.6. The zero-order valence-electron chi connectivity index (χ0n) is 18.2. The van der Waals surface area contributed by atoms with E-state index in [9.17, 15) is 9.59 Å². The van der Waals surface area contributed by atoms with E-state index in [0.717, 1.165) is 44.5 Å². The van der Waals surface area contributed by atoms with Crippen LogP contribution in [0.5, 0.6) is 0 Å². The Labute approximate surface area is 176 Å². The van der Waals surface area contributed by atoms with Gasteiger partial charge < -0.3 is 10.1 Å². The number of thioether (sulfide) groups is 1. The average molecular weight is 416 g/mol. The van der Waals surface area contributed by atoms with Crippen LogP contribution < -0.4 is 5.32 Å². The molecule has 0 fully saturated rings. The smallest absolute Gasteiger partial charge is 0.306 e. The normalized spacial score (nSPS) is 11.8. The van der Waals surface area contributed by atoms with Gasteiger partial charge in [-0.05, 0) is 70.9 Å². The number of rotatable bonds is 7. The molecule has 0 bridgehead atoms. The highest BCUT2D eigenvalue weighted by atomic mass is 32.2. The summed E-state index contributed by atoms with van der Waals surface area (Å²) < 4.78 is 5.34. The van der Waals surface area contributed by atoms with Crippen LogP contribution in [0.4, 0.5) is 5.69 Å². The van der Waals surface area contributed by atoms with Crippen LogP contribution in [-0.2, 0) is 20.7 Å². The predicted octanol–water partition coefficient (Wildman–Crippen LogP) is 4.24. The van der Waals surface area contributed by atoms with Gasteiger partial charge in [0.15, 0.2) is 11.3 Å². The number of esters is 1. The first-order valence-electron chi connectivity index (χ1n) is 9.58. The fourth-order valence-electron chi connectivity index (χ4n) is 3.30. The summed E-state index contributed by atoms with van der Waals surface area (Å²) in [5.74, 6) is -0.758. The van der Waals surface area contributed by atoms with E-state index in [1.807, 2.05) is 53.0 Å². The van der Waals surface area contributed by atoms with Gasteiger partial charge in [0.25, 0.3) is 5.91 Å². The number of nitrogens with zero attached hydrogens (tertiary/aromatic N) is 2. The third kappa shape index (κ3) is 6.03. The molecule has 2 rings (SSSR count). The van der Waals surface area contributed by atoms with Crippen molar-refractivity contribution >= 4 is 29.3 Å². The standard InChI is InChI=1S/C22H29N3O3S/c1-12-10-13(2)20(14(3)11-12)25-21(27)17(6)28-19(26)9-8-18-15(4)23-22(29-7)24-16(18)5/h10-11,17H,8-9H2,1-7H3,(H,25,27)/t17-/m1/s1. The number of aromatic nitrogens is 2. The van der Waals surface area contributed by atoms with Crippen LogP contribution >= 0.6 is 11.8 Å². The molecule has 0 unspecified atom stereocenters. The highest BCUT2D eigenvalue weighted by Gasteiger charge is 2.20. The van der Waals surface area contributed by atoms with E-state index in [1.54, 1.807) is 6.92 Å². The van der Waals surface area contributed by atoms with Crippen molar-refractivity contribution in [1.82, 2.24) is 9.97 Å². The first kappa shape index (κ1) is 22.9. The Balaban J connectivity index is 1.95. The Morgan fingerprint density at radius 3 is 2.14 bits per heavy atom.